The van der Waals surface area contributed by atoms with Crippen LogP contribution in [-0.2, 0) is 4.79 Å². The molecule has 0 aliphatic carbocycles. The molecular weight excluding hydrogens is 333 g/mol. The molecule has 0 radical (unpaired) electrons. The summed E-state index contributed by atoms with van der Waals surface area (Å²) >= 11 is 0. The summed E-state index contributed by atoms with van der Waals surface area (Å²) in [6, 6.07) is 7.03. The number of para-hydroxylation sites is 1. The summed E-state index contributed by atoms with van der Waals surface area (Å²) in [6.07, 6.45) is 2.34. The van der Waals surface area contributed by atoms with Crippen LogP contribution in [0.5, 0.6) is 0 Å². The Labute approximate surface area is 155 Å². The molecule has 0 spiro atoms. The van der Waals surface area contributed by atoms with Crippen molar-refractivity contribution in [3.05, 3.63) is 30.1 Å². The fourth-order valence-electron chi connectivity index (χ4n) is 3.12. The van der Waals surface area contributed by atoms with E-state index in [0.717, 1.165) is 45.0 Å². The van der Waals surface area contributed by atoms with Crippen molar-refractivity contribution in [1.82, 2.24) is 15.5 Å². The number of nitrogens with zero attached hydrogens (tertiary/aromatic N) is 3. The largest absolute Gasteiger partial charge is 0.372 e. The van der Waals surface area contributed by atoms with Crippen molar-refractivity contribution in [3.8, 4) is 0 Å². The second kappa shape index (κ2) is 9.99. The molecule has 2 N–H and O–H groups in total. The predicted octanol–water partition coefficient (Wildman–Crippen LogP) is 1.83. The molecule has 0 aromatic heterocycles. The van der Waals surface area contributed by atoms with E-state index in [1.165, 1.54) is 6.07 Å². The highest BCUT2D eigenvalue weighted by molar-refractivity contribution is 5.80. The molecule has 1 amide bonds. The number of nitrogens with one attached hydrogen (secondary N) is 2. The Kier molecular flexibility index (Phi) is 7.69. The molecule has 1 aliphatic rings. The van der Waals surface area contributed by atoms with Gasteiger partial charge < -0.3 is 20.4 Å². The first-order valence-electron chi connectivity index (χ1n) is 9.25. The maximum absolute atomic E-state index is 13.8. The van der Waals surface area contributed by atoms with Crippen LogP contribution in [0.25, 0.3) is 0 Å². The fraction of sp³-hybridized carbons (Fsp3) is 0.579. The molecule has 144 valence electrons. The third kappa shape index (κ3) is 5.61. The Balaban J connectivity index is 1.69. The van der Waals surface area contributed by atoms with Gasteiger partial charge in [0.05, 0.1) is 5.69 Å². The summed E-state index contributed by atoms with van der Waals surface area (Å²) in [6.45, 7) is 4.90. The van der Waals surface area contributed by atoms with Crippen molar-refractivity contribution in [2.24, 2.45) is 4.99 Å². The van der Waals surface area contributed by atoms with Gasteiger partial charge >= 0.3 is 0 Å². The van der Waals surface area contributed by atoms with Gasteiger partial charge in [0.1, 0.15) is 5.82 Å². The Morgan fingerprint density at radius 1 is 1.42 bits per heavy atom. The molecule has 0 saturated carbocycles. The summed E-state index contributed by atoms with van der Waals surface area (Å²) in [4.78, 5) is 19.8. The number of halogens is 1. The summed E-state index contributed by atoms with van der Waals surface area (Å²) in [5.41, 5.74) is 0.613. The molecule has 26 heavy (non-hydrogen) atoms. The molecule has 1 aliphatic heterocycles. The molecule has 7 heteroatoms. The molecule has 1 atom stereocenters. The zero-order chi connectivity index (χ0) is 18.9. The van der Waals surface area contributed by atoms with Crippen LogP contribution in [0.1, 0.15) is 26.2 Å². The lowest BCUT2D eigenvalue weighted by atomic mass is 10.2. The van der Waals surface area contributed by atoms with Crippen molar-refractivity contribution in [2.45, 2.75) is 32.2 Å². The molecule has 0 bridgehead atoms. The molecule has 1 fully saturated rings. The number of hydrogen-bond donors (Lipinski definition) is 2. The Hall–Kier alpha value is -2.31. The first kappa shape index (κ1) is 20.0. The third-order valence-corrected chi connectivity index (χ3v) is 4.63. The minimum Gasteiger partial charge on any atom is -0.372 e. The second-order valence-electron chi connectivity index (χ2n) is 6.55. The van der Waals surface area contributed by atoms with Crippen molar-refractivity contribution in [2.75, 3.05) is 45.2 Å². The zero-order valence-electron chi connectivity index (χ0n) is 16.0. The SMILES string of the molecule is CCC(=O)N1CCC(NC(=NC)NCCCN(C)c2ccccc2F)C1. The van der Waals surface area contributed by atoms with Crippen molar-refractivity contribution in [3.63, 3.8) is 0 Å². The normalized spacial score (nSPS) is 17.3. The molecule has 1 unspecified atom stereocenters. The highest BCUT2D eigenvalue weighted by Gasteiger charge is 2.25. The average Bonchev–Trinajstić information content (AvgIpc) is 3.12. The van der Waals surface area contributed by atoms with Crippen molar-refractivity contribution < 1.29 is 9.18 Å². The van der Waals surface area contributed by atoms with Crippen LogP contribution in [-0.4, -0.2) is 63.1 Å². The monoisotopic (exact) mass is 363 g/mol. The second-order valence-corrected chi connectivity index (χ2v) is 6.55. The summed E-state index contributed by atoms with van der Waals surface area (Å²) in [5.74, 6) is 0.746. The van der Waals surface area contributed by atoms with Crippen LogP contribution in [0.2, 0.25) is 0 Å². The number of amides is 1. The fourth-order valence-corrected chi connectivity index (χ4v) is 3.12. The van der Waals surface area contributed by atoms with Gasteiger partial charge in [-0.1, -0.05) is 19.1 Å². The van der Waals surface area contributed by atoms with E-state index in [1.807, 2.05) is 29.8 Å². The van der Waals surface area contributed by atoms with Crippen LogP contribution >= 0.6 is 0 Å². The maximum Gasteiger partial charge on any atom is 0.222 e. The van der Waals surface area contributed by atoms with E-state index in [-0.39, 0.29) is 17.8 Å². The Bertz CT molecular complexity index is 622. The Morgan fingerprint density at radius 3 is 2.88 bits per heavy atom. The molecule has 1 aromatic rings. The first-order valence-corrected chi connectivity index (χ1v) is 9.25. The average molecular weight is 363 g/mol. The van der Waals surface area contributed by atoms with E-state index >= 15 is 0 Å². The van der Waals surface area contributed by atoms with Crippen molar-refractivity contribution >= 4 is 17.6 Å². The van der Waals surface area contributed by atoms with Crippen molar-refractivity contribution in [1.29, 1.82) is 0 Å². The van der Waals surface area contributed by atoms with E-state index in [4.69, 9.17) is 0 Å². The lowest BCUT2D eigenvalue weighted by Gasteiger charge is -2.21. The first-order chi connectivity index (χ1) is 12.5. The van der Waals surface area contributed by atoms with Gasteiger partial charge in [0.25, 0.3) is 0 Å². The predicted molar refractivity (Wildman–Crippen MR) is 104 cm³/mol. The molecule has 1 saturated heterocycles. The van der Waals surface area contributed by atoms with Gasteiger partial charge in [-0.25, -0.2) is 4.39 Å². The lowest BCUT2D eigenvalue weighted by molar-refractivity contribution is -0.129. The minimum absolute atomic E-state index is 0.201. The number of anilines is 1. The van der Waals surface area contributed by atoms with Gasteiger partial charge in [0, 0.05) is 52.7 Å². The molecular formula is C19H30FN5O. The summed E-state index contributed by atoms with van der Waals surface area (Å²) in [5, 5.41) is 6.67. The van der Waals surface area contributed by atoms with Gasteiger partial charge in [-0.2, -0.15) is 0 Å². The van der Waals surface area contributed by atoms with E-state index in [2.05, 4.69) is 15.6 Å². The zero-order valence-corrected chi connectivity index (χ0v) is 16.0. The molecule has 1 aromatic carbocycles. The summed E-state index contributed by atoms with van der Waals surface area (Å²) < 4.78 is 13.8. The Morgan fingerprint density at radius 2 is 2.19 bits per heavy atom. The van der Waals surface area contributed by atoms with E-state index in [1.54, 1.807) is 19.2 Å². The number of carbonyl (C=O) groups excluding carboxylic acids is 1. The minimum atomic E-state index is -0.201. The van der Waals surface area contributed by atoms with E-state index < -0.39 is 0 Å². The molecule has 2 rings (SSSR count). The molecule has 6 nitrogen and oxygen atoms in total. The number of benzene rings is 1. The van der Waals surface area contributed by atoms with Crippen LogP contribution in [0.3, 0.4) is 0 Å². The highest BCUT2D eigenvalue weighted by Crippen LogP contribution is 2.16. The standard InChI is InChI=1S/C19H30FN5O/c1-4-18(26)25-13-10-15(14-25)23-19(21-2)22-11-7-12-24(3)17-9-6-5-8-16(17)20/h5-6,8-9,15H,4,7,10-14H2,1-3H3,(H2,21,22,23). The van der Waals surface area contributed by atoms with Gasteiger partial charge in [-0.05, 0) is 25.0 Å². The van der Waals surface area contributed by atoms with Crippen LogP contribution in [0.4, 0.5) is 10.1 Å². The number of likely N-dealkylation sites (tertiary alicyclic amines) is 1. The lowest BCUT2D eigenvalue weighted by Crippen LogP contribution is -2.45. The third-order valence-electron chi connectivity index (χ3n) is 4.63. The van der Waals surface area contributed by atoms with Gasteiger partial charge in [-0.3, -0.25) is 9.79 Å². The van der Waals surface area contributed by atoms with Crippen LogP contribution in [0.15, 0.2) is 29.3 Å². The maximum atomic E-state index is 13.8. The van der Waals surface area contributed by atoms with Gasteiger partial charge in [0.15, 0.2) is 5.96 Å². The van der Waals surface area contributed by atoms with Gasteiger partial charge in [-0.15, -0.1) is 0 Å². The summed E-state index contributed by atoms with van der Waals surface area (Å²) in [7, 11) is 3.63. The van der Waals surface area contributed by atoms with E-state index in [0.29, 0.717) is 12.1 Å². The number of hydrogen-bond acceptors (Lipinski definition) is 3. The van der Waals surface area contributed by atoms with Crippen LogP contribution in [0, 0.1) is 5.82 Å². The van der Waals surface area contributed by atoms with Crippen LogP contribution < -0.4 is 15.5 Å². The molecule has 1 heterocycles. The number of carbonyl (C=O) groups is 1. The van der Waals surface area contributed by atoms with E-state index in [9.17, 15) is 9.18 Å². The van der Waals surface area contributed by atoms with Gasteiger partial charge in [0.2, 0.25) is 5.91 Å². The number of guanidine groups is 1. The quantitative estimate of drug-likeness (QED) is 0.441. The number of rotatable bonds is 7. The smallest absolute Gasteiger partial charge is 0.222 e. The topological polar surface area (TPSA) is 60.0 Å². The number of aliphatic imine (C=N–C) groups is 1. The highest BCUT2D eigenvalue weighted by atomic mass is 19.1.